The fraction of sp³-hybridized carbons (Fsp3) is 0.500. The molecule has 0 spiro atoms. The Labute approximate surface area is 95.4 Å². The molecule has 0 aliphatic heterocycles. The number of fused-ring (bicyclic) bond motifs is 1. The molecule has 0 bridgehead atoms. The molecule has 0 fully saturated rings. The summed E-state index contributed by atoms with van der Waals surface area (Å²) in [6.07, 6.45) is 1.84. The fourth-order valence-corrected chi connectivity index (χ4v) is 1.84. The number of nitro benzene ring substituents is 1. The van der Waals surface area contributed by atoms with Gasteiger partial charge >= 0.3 is 0 Å². The summed E-state index contributed by atoms with van der Waals surface area (Å²) in [4.78, 5) is 10.2. The van der Waals surface area contributed by atoms with Crippen LogP contribution in [0.3, 0.4) is 0 Å². The van der Waals surface area contributed by atoms with Crippen LogP contribution in [0.5, 0.6) is 0 Å². The maximum absolute atomic E-state index is 10.5. The molecule has 0 amide bonds. The molecule has 0 saturated heterocycles. The topological polar surface area (TPSA) is 52.4 Å². The van der Waals surface area contributed by atoms with Crippen LogP contribution in [0.15, 0.2) is 18.2 Å². The van der Waals surface area contributed by atoms with Crippen molar-refractivity contribution < 1.29 is 9.66 Å². The number of methoxy groups -OCH3 is 1. The Balaban J connectivity index is 0.000000606. The van der Waals surface area contributed by atoms with Crippen LogP contribution in [0, 0.1) is 10.1 Å². The summed E-state index contributed by atoms with van der Waals surface area (Å²) in [5, 5.41) is 10.5. The highest BCUT2D eigenvalue weighted by atomic mass is 16.6. The zero-order valence-corrected chi connectivity index (χ0v) is 9.90. The van der Waals surface area contributed by atoms with Gasteiger partial charge in [0.05, 0.1) is 11.0 Å². The van der Waals surface area contributed by atoms with Gasteiger partial charge in [0.15, 0.2) is 0 Å². The third kappa shape index (κ3) is 2.58. The second-order valence-electron chi connectivity index (χ2n) is 3.48. The summed E-state index contributed by atoms with van der Waals surface area (Å²) in [5.74, 6) is 0. The summed E-state index contributed by atoms with van der Waals surface area (Å²) in [6.45, 7) is 4.00. The second kappa shape index (κ2) is 5.61. The maximum Gasteiger partial charge on any atom is 0.269 e. The lowest BCUT2D eigenvalue weighted by molar-refractivity contribution is -0.384. The van der Waals surface area contributed by atoms with Gasteiger partial charge in [-0.15, -0.1) is 0 Å². The number of ether oxygens (including phenoxy) is 1. The molecule has 4 nitrogen and oxygen atoms in total. The summed E-state index contributed by atoms with van der Waals surface area (Å²) in [5.41, 5.74) is 2.38. The van der Waals surface area contributed by atoms with Gasteiger partial charge in [0.2, 0.25) is 0 Å². The van der Waals surface area contributed by atoms with Crippen LogP contribution < -0.4 is 0 Å². The fourth-order valence-electron chi connectivity index (χ4n) is 1.84. The standard InChI is InChI=1S/C10H11NO3.C2H6/c1-14-10-5-7-2-3-9(11(12)13)4-8(7)6-10;1-2/h2-4,10H,5-6H2,1H3;1-2H3. The number of nitrogens with zero attached hydrogens (tertiary/aromatic N) is 1. The normalized spacial score (nSPS) is 17.3. The van der Waals surface area contributed by atoms with Crippen molar-refractivity contribution in [2.24, 2.45) is 0 Å². The van der Waals surface area contributed by atoms with Crippen LogP contribution in [-0.4, -0.2) is 18.1 Å². The Morgan fingerprint density at radius 2 is 1.94 bits per heavy atom. The predicted octanol–water partition coefficient (Wildman–Crippen LogP) is 2.73. The highest BCUT2D eigenvalue weighted by Crippen LogP contribution is 2.27. The molecule has 1 aliphatic rings. The van der Waals surface area contributed by atoms with Crippen LogP contribution in [-0.2, 0) is 17.6 Å². The van der Waals surface area contributed by atoms with Crippen LogP contribution >= 0.6 is 0 Å². The largest absolute Gasteiger partial charge is 0.381 e. The van der Waals surface area contributed by atoms with E-state index in [1.54, 1.807) is 19.2 Å². The zero-order chi connectivity index (χ0) is 12.1. The van der Waals surface area contributed by atoms with Gasteiger partial charge in [-0.2, -0.15) is 0 Å². The van der Waals surface area contributed by atoms with Crippen LogP contribution in [0.4, 0.5) is 5.69 Å². The van der Waals surface area contributed by atoms with Crippen molar-refractivity contribution in [3.05, 3.63) is 39.4 Å². The molecule has 0 radical (unpaired) electrons. The molecule has 0 heterocycles. The molecule has 88 valence electrons. The minimum absolute atomic E-state index is 0.167. The molecule has 0 aromatic heterocycles. The van der Waals surface area contributed by atoms with Gasteiger partial charge in [-0.1, -0.05) is 19.9 Å². The van der Waals surface area contributed by atoms with Crippen LogP contribution in [0.25, 0.3) is 0 Å². The molecule has 1 aromatic rings. The molecule has 1 atom stereocenters. The van der Waals surface area contributed by atoms with Crippen molar-refractivity contribution in [1.29, 1.82) is 0 Å². The highest BCUT2D eigenvalue weighted by Gasteiger charge is 2.22. The van der Waals surface area contributed by atoms with E-state index in [1.807, 2.05) is 19.9 Å². The summed E-state index contributed by atoms with van der Waals surface area (Å²) >= 11 is 0. The number of non-ortho nitro benzene ring substituents is 1. The van der Waals surface area contributed by atoms with E-state index in [2.05, 4.69) is 0 Å². The Hall–Kier alpha value is -1.42. The third-order valence-electron chi connectivity index (χ3n) is 2.63. The van der Waals surface area contributed by atoms with Gasteiger partial charge in [0.25, 0.3) is 5.69 Å². The van der Waals surface area contributed by atoms with E-state index >= 15 is 0 Å². The molecule has 1 aromatic carbocycles. The van der Waals surface area contributed by atoms with Crippen molar-refractivity contribution in [2.45, 2.75) is 32.8 Å². The molecule has 1 unspecified atom stereocenters. The minimum atomic E-state index is -0.361. The first-order chi connectivity index (χ1) is 7.70. The van der Waals surface area contributed by atoms with E-state index in [9.17, 15) is 10.1 Å². The molecule has 2 rings (SSSR count). The summed E-state index contributed by atoms with van der Waals surface area (Å²) in [6, 6.07) is 5.03. The van der Waals surface area contributed by atoms with Crippen molar-refractivity contribution in [2.75, 3.05) is 7.11 Å². The number of benzene rings is 1. The first kappa shape index (κ1) is 12.6. The lowest BCUT2D eigenvalue weighted by Gasteiger charge is -2.03. The van der Waals surface area contributed by atoms with E-state index in [0.717, 1.165) is 18.4 Å². The number of nitro groups is 1. The number of hydrogen-bond donors (Lipinski definition) is 0. The molecular weight excluding hydrogens is 206 g/mol. The highest BCUT2D eigenvalue weighted by molar-refractivity contribution is 5.42. The maximum atomic E-state index is 10.5. The van der Waals surface area contributed by atoms with E-state index in [0.29, 0.717) is 0 Å². The van der Waals surface area contributed by atoms with Crippen molar-refractivity contribution in [3.63, 3.8) is 0 Å². The first-order valence-electron chi connectivity index (χ1n) is 5.49. The van der Waals surface area contributed by atoms with Gasteiger partial charge in [0, 0.05) is 19.2 Å². The predicted molar refractivity (Wildman–Crippen MR) is 62.6 cm³/mol. The van der Waals surface area contributed by atoms with Crippen LogP contribution in [0.1, 0.15) is 25.0 Å². The molecule has 4 heteroatoms. The smallest absolute Gasteiger partial charge is 0.269 e. The Morgan fingerprint density at radius 3 is 2.50 bits per heavy atom. The van der Waals surface area contributed by atoms with Gasteiger partial charge in [-0.25, -0.2) is 0 Å². The molecular formula is C12H17NO3. The van der Waals surface area contributed by atoms with E-state index < -0.39 is 0 Å². The summed E-state index contributed by atoms with van der Waals surface area (Å²) < 4.78 is 5.22. The monoisotopic (exact) mass is 223 g/mol. The second-order valence-corrected chi connectivity index (χ2v) is 3.48. The van der Waals surface area contributed by atoms with Gasteiger partial charge in [0.1, 0.15) is 0 Å². The molecule has 1 aliphatic carbocycles. The Morgan fingerprint density at radius 1 is 1.31 bits per heavy atom. The lowest BCUT2D eigenvalue weighted by Crippen LogP contribution is -2.08. The van der Waals surface area contributed by atoms with Crippen molar-refractivity contribution in [1.82, 2.24) is 0 Å². The first-order valence-corrected chi connectivity index (χ1v) is 5.49. The average Bonchev–Trinajstić information content (AvgIpc) is 2.73. The molecule has 16 heavy (non-hydrogen) atoms. The molecule has 0 N–H and O–H groups in total. The minimum Gasteiger partial charge on any atom is -0.381 e. The van der Waals surface area contributed by atoms with E-state index in [1.165, 1.54) is 5.56 Å². The lowest BCUT2D eigenvalue weighted by atomic mass is 10.1. The van der Waals surface area contributed by atoms with Gasteiger partial charge < -0.3 is 4.74 Å². The zero-order valence-electron chi connectivity index (χ0n) is 9.90. The van der Waals surface area contributed by atoms with Crippen molar-refractivity contribution in [3.8, 4) is 0 Å². The quantitative estimate of drug-likeness (QED) is 0.572. The van der Waals surface area contributed by atoms with E-state index in [4.69, 9.17) is 4.74 Å². The summed E-state index contributed by atoms with van der Waals surface area (Å²) in [7, 11) is 1.67. The Kier molecular flexibility index (Phi) is 4.43. The van der Waals surface area contributed by atoms with Crippen LogP contribution in [0.2, 0.25) is 0 Å². The average molecular weight is 223 g/mol. The van der Waals surface area contributed by atoms with E-state index in [-0.39, 0.29) is 16.7 Å². The van der Waals surface area contributed by atoms with Gasteiger partial charge in [-0.05, 0) is 24.0 Å². The SMILES string of the molecule is CC.COC1Cc2ccc([N+](=O)[O-])cc2C1. The number of hydrogen-bond acceptors (Lipinski definition) is 3. The number of rotatable bonds is 2. The third-order valence-corrected chi connectivity index (χ3v) is 2.63. The van der Waals surface area contributed by atoms with Gasteiger partial charge in [-0.3, -0.25) is 10.1 Å². The van der Waals surface area contributed by atoms with Crippen molar-refractivity contribution >= 4 is 5.69 Å². The molecule has 0 saturated carbocycles. The Bertz CT molecular complexity index is 377.